The normalized spacial score (nSPS) is 10.6. The van der Waals surface area contributed by atoms with Crippen molar-refractivity contribution in [3.63, 3.8) is 0 Å². The molecule has 4 rings (SSSR count). The van der Waals surface area contributed by atoms with Crippen molar-refractivity contribution in [2.45, 2.75) is 19.8 Å². The molecule has 0 saturated heterocycles. The maximum atomic E-state index is 3.34. The van der Waals surface area contributed by atoms with Crippen LogP contribution in [-0.4, -0.2) is 6.88 Å². The Kier molecular flexibility index (Phi) is 18.6. The first-order valence-corrected chi connectivity index (χ1v) is 11.1. The molecular formula is C21H24Cl2SiZr-4. The van der Waals surface area contributed by atoms with Crippen LogP contribution in [-0.2, 0) is 29.8 Å². The van der Waals surface area contributed by atoms with Crippen LogP contribution in [0.5, 0.6) is 0 Å². The molecule has 2 aliphatic carbocycles. The summed E-state index contributed by atoms with van der Waals surface area (Å²) in [4.78, 5) is 0. The zero-order valence-corrected chi connectivity index (χ0v) is 20.0. The molecule has 2 aliphatic rings. The average Bonchev–Trinajstić information content (AvgIpc) is 3.21. The Balaban J connectivity index is -0.000000385. The zero-order valence-electron chi connectivity index (χ0n) is 14.9. The van der Waals surface area contributed by atoms with Gasteiger partial charge in [0.15, 0.2) is 0 Å². The molecule has 25 heavy (non-hydrogen) atoms. The molecule has 0 N–H and O–H groups in total. The third-order valence-corrected chi connectivity index (χ3v) is 3.53. The van der Waals surface area contributed by atoms with E-state index in [-0.39, 0.29) is 39.7 Å². The first-order chi connectivity index (χ1) is 10.4. The molecule has 0 atom stereocenters. The van der Waals surface area contributed by atoms with Crippen LogP contribution in [0.3, 0.4) is 0 Å². The summed E-state index contributed by atoms with van der Waals surface area (Å²) < 4.78 is 0. The molecule has 2 aromatic rings. The van der Waals surface area contributed by atoms with Crippen LogP contribution >= 0.6 is 24.8 Å². The summed E-state index contributed by atoms with van der Waals surface area (Å²) >= 11 is 1.36. The molecule has 134 valence electrons. The summed E-state index contributed by atoms with van der Waals surface area (Å²) in [5.74, 6) is 0. The molecule has 0 aromatic heterocycles. The molecule has 0 bridgehead atoms. The molecule has 0 amide bonds. The van der Waals surface area contributed by atoms with E-state index in [1.165, 1.54) is 51.2 Å². The molecule has 0 nitrogen and oxygen atoms in total. The van der Waals surface area contributed by atoms with E-state index in [0.717, 1.165) is 12.8 Å². The van der Waals surface area contributed by atoms with Crippen LogP contribution in [0.2, 0.25) is 0 Å². The van der Waals surface area contributed by atoms with E-state index in [4.69, 9.17) is 0 Å². The van der Waals surface area contributed by atoms with Crippen LogP contribution in [0.1, 0.15) is 23.1 Å². The quantitative estimate of drug-likeness (QED) is 0.280. The van der Waals surface area contributed by atoms with Crippen molar-refractivity contribution < 1.29 is 23.3 Å². The SMILES string of the molecule is Cc1cc[c-]c2c1-c1ccccc1C2.Cl.Cl.[C-]1=CC=CC1.[CH3-].[CH3-].[Si]=[Zr]. The second-order valence-electron chi connectivity index (χ2n) is 4.85. The zero-order chi connectivity index (χ0) is 15.1. The molecule has 0 heterocycles. The van der Waals surface area contributed by atoms with E-state index < -0.39 is 0 Å². The number of halogens is 2. The fourth-order valence-electron chi connectivity index (χ4n) is 2.62. The van der Waals surface area contributed by atoms with E-state index in [9.17, 15) is 0 Å². The fourth-order valence-corrected chi connectivity index (χ4v) is 2.62. The van der Waals surface area contributed by atoms with Gasteiger partial charge in [0.25, 0.3) is 0 Å². The van der Waals surface area contributed by atoms with E-state index in [1.54, 1.807) is 0 Å². The molecule has 0 unspecified atom stereocenters. The number of hydrogen-bond acceptors (Lipinski definition) is 0. The third kappa shape index (κ3) is 7.79. The molecular weight excluding hydrogens is 442 g/mol. The van der Waals surface area contributed by atoms with Crippen molar-refractivity contribution >= 4 is 31.7 Å². The topological polar surface area (TPSA) is 0 Å². The molecule has 0 fully saturated rings. The Bertz CT molecular complexity index is 671. The Morgan fingerprint density at radius 3 is 2.28 bits per heavy atom. The van der Waals surface area contributed by atoms with Crippen molar-refractivity contribution in [2.24, 2.45) is 0 Å². The van der Waals surface area contributed by atoms with Gasteiger partial charge in [0, 0.05) is 0 Å². The molecule has 0 spiro atoms. The van der Waals surface area contributed by atoms with Gasteiger partial charge in [-0.1, -0.05) is 42.3 Å². The van der Waals surface area contributed by atoms with Gasteiger partial charge in [-0.05, 0) is 6.42 Å². The van der Waals surface area contributed by atoms with E-state index in [2.05, 4.69) is 62.4 Å². The van der Waals surface area contributed by atoms with Gasteiger partial charge in [-0.2, -0.15) is 29.8 Å². The van der Waals surface area contributed by atoms with Gasteiger partial charge in [0.05, 0.1) is 0 Å². The molecule has 0 aliphatic heterocycles. The summed E-state index contributed by atoms with van der Waals surface area (Å²) in [6.07, 6.45) is 11.0. The predicted octanol–water partition coefficient (Wildman–Crippen LogP) is 6.03. The average molecular weight is 467 g/mol. The van der Waals surface area contributed by atoms with Crippen molar-refractivity contribution in [1.82, 2.24) is 0 Å². The third-order valence-electron chi connectivity index (χ3n) is 3.53. The number of hydrogen-bond donors (Lipinski definition) is 0. The number of rotatable bonds is 0. The van der Waals surface area contributed by atoms with E-state index in [1.807, 2.05) is 18.2 Å². The Hall–Kier alpha value is -0.400. The van der Waals surface area contributed by atoms with Gasteiger partial charge in [-0.3, -0.25) is 6.08 Å². The molecule has 0 saturated carbocycles. The summed E-state index contributed by atoms with van der Waals surface area (Å²) in [7, 11) is 0. The van der Waals surface area contributed by atoms with Gasteiger partial charge in [0.1, 0.15) is 0 Å². The van der Waals surface area contributed by atoms with Gasteiger partial charge in [0.2, 0.25) is 0 Å². The van der Waals surface area contributed by atoms with Crippen LogP contribution in [0.25, 0.3) is 11.1 Å². The molecule has 2 aromatic carbocycles. The number of benzene rings is 2. The van der Waals surface area contributed by atoms with Gasteiger partial charge < -0.3 is 14.9 Å². The second kappa shape index (κ2) is 15.8. The van der Waals surface area contributed by atoms with Crippen molar-refractivity contribution in [2.75, 3.05) is 0 Å². The Labute approximate surface area is 183 Å². The van der Waals surface area contributed by atoms with Gasteiger partial charge in [-0.25, -0.2) is 12.2 Å². The van der Waals surface area contributed by atoms with Crippen molar-refractivity contribution in [3.8, 4) is 11.1 Å². The number of allylic oxidation sites excluding steroid dienone is 4. The number of aryl methyl sites for hydroxylation is 1. The second-order valence-corrected chi connectivity index (χ2v) is 4.85. The van der Waals surface area contributed by atoms with Gasteiger partial charge >= 0.3 is 30.2 Å². The first-order valence-electron chi connectivity index (χ1n) is 6.91. The Morgan fingerprint density at radius 1 is 1.04 bits per heavy atom. The first kappa shape index (κ1) is 29.4. The maximum absolute atomic E-state index is 3.34. The monoisotopic (exact) mass is 464 g/mol. The van der Waals surface area contributed by atoms with E-state index >= 15 is 0 Å². The molecule has 2 radical (unpaired) electrons. The summed E-state index contributed by atoms with van der Waals surface area (Å²) in [5.41, 5.74) is 6.96. The van der Waals surface area contributed by atoms with Crippen LogP contribution in [0.4, 0.5) is 0 Å². The minimum atomic E-state index is 0. The standard InChI is InChI=1S/C14H11.C5H5.2CH3.2ClH.Si.Zr/c1-10-5-4-7-12-9-11-6-2-3-8-13(11)14(10)12;1-2-4-5-3-1;;;;;;/h2-6,8H,9H2,1H3;1-3H,4H2;2*1H3;2*1H;;/q4*-1;;;;. The van der Waals surface area contributed by atoms with Crippen molar-refractivity contribution in [1.29, 1.82) is 0 Å². The fraction of sp³-hybridized carbons (Fsp3) is 0.143. The van der Waals surface area contributed by atoms with Crippen LogP contribution in [0, 0.1) is 33.9 Å². The van der Waals surface area contributed by atoms with Gasteiger partial charge in [-0.15, -0.1) is 42.4 Å². The van der Waals surface area contributed by atoms with E-state index in [0.29, 0.717) is 0 Å². The predicted molar refractivity (Wildman–Crippen MR) is 113 cm³/mol. The van der Waals surface area contributed by atoms with Crippen LogP contribution in [0.15, 0.2) is 54.6 Å². The van der Waals surface area contributed by atoms with Crippen molar-refractivity contribution in [3.05, 3.63) is 98.3 Å². The summed E-state index contributed by atoms with van der Waals surface area (Å²) in [6, 6.07) is 16.1. The molecule has 4 heteroatoms. The minimum absolute atomic E-state index is 0. The number of fused-ring (bicyclic) bond motifs is 3. The summed E-state index contributed by atoms with van der Waals surface area (Å²) in [6.45, 7) is 5.24. The van der Waals surface area contributed by atoms with Crippen LogP contribution < -0.4 is 0 Å². The summed E-state index contributed by atoms with van der Waals surface area (Å²) in [5, 5.41) is 0. The Morgan fingerprint density at radius 2 is 1.72 bits per heavy atom.